The summed E-state index contributed by atoms with van der Waals surface area (Å²) in [6, 6.07) is -0.200. The van der Waals surface area contributed by atoms with Gasteiger partial charge in [0.25, 0.3) is 0 Å². The van der Waals surface area contributed by atoms with Gasteiger partial charge in [-0.1, -0.05) is 6.92 Å². The second-order valence-corrected chi connectivity index (χ2v) is 4.23. The topological polar surface area (TPSA) is 53.1 Å². The maximum Gasteiger partial charge on any atom is 0.391 e. The van der Waals surface area contributed by atoms with Crippen molar-refractivity contribution in [3.05, 3.63) is 0 Å². The Kier molecular flexibility index (Phi) is 4.18. The SMILES string of the molecule is CCC(C(=N)N)N1CCC(C(F)(F)F)CC1. The van der Waals surface area contributed by atoms with Crippen LogP contribution in [0.3, 0.4) is 0 Å². The zero-order chi connectivity index (χ0) is 12.3. The van der Waals surface area contributed by atoms with Crippen LogP contribution in [0.4, 0.5) is 13.2 Å². The first kappa shape index (κ1) is 13.3. The van der Waals surface area contributed by atoms with Crippen molar-refractivity contribution in [1.29, 1.82) is 5.41 Å². The summed E-state index contributed by atoms with van der Waals surface area (Å²) in [6.07, 6.45) is -3.17. The van der Waals surface area contributed by atoms with E-state index in [1.54, 1.807) is 0 Å². The summed E-state index contributed by atoms with van der Waals surface area (Å²) >= 11 is 0. The molecule has 1 aliphatic rings. The lowest BCUT2D eigenvalue weighted by Crippen LogP contribution is -2.49. The van der Waals surface area contributed by atoms with Crippen LogP contribution in [-0.2, 0) is 0 Å². The average Bonchev–Trinajstić information content (AvgIpc) is 2.17. The van der Waals surface area contributed by atoms with Gasteiger partial charge in [0.05, 0.1) is 12.0 Å². The Balaban J connectivity index is 2.51. The third-order valence-electron chi connectivity index (χ3n) is 3.18. The van der Waals surface area contributed by atoms with Crippen LogP contribution < -0.4 is 5.73 Å². The maximum atomic E-state index is 12.4. The number of amidine groups is 1. The second kappa shape index (κ2) is 5.03. The number of alkyl halides is 3. The van der Waals surface area contributed by atoms with Gasteiger partial charge in [-0.25, -0.2) is 0 Å². The molecule has 0 aliphatic carbocycles. The zero-order valence-electron chi connectivity index (χ0n) is 9.35. The van der Waals surface area contributed by atoms with Gasteiger partial charge < -0.3 is 5.73 Å². The monoisotopic (exact) mass is 237 g/mol. The minimum absolute atomic E-state index is 0.0490. The molecular formula is C10H18F3N3. The minimum atomic E-state index is -4.08. The van der Waals surface area contributed by atoms with E-state index >= 15 is 0 Å². The smallest absolute Gasteiger partial charge is 0.386 e. The summed E-state index contributed by atoms with van der Waals surface area (Å²) in [5.74, 6) is -1.14. The van der Waals surface area contributed by atoms with Gasteiger partial charge in [0, 0.05) is 0 Å². The molecule has 1 rings (SSSR count). The number of hydrogen-bond acceptors (Lipinski definition) is 2. The van der Waals surface area contributed by atoms with Gasteiger partial charge in [0.2, 0.25) is 0 Å². The van der Waals surface area contributed by atoms with Crippen molar-refractivity contribution >= 4 is 5.84 Å². The van der Waals surface area contributed by atoms with E-state index in [2.05, 4.69) is 0 Å². The van der Waals surface area contributed by atoms with Crippen LogP contribution in [0.2, 0.25) is 0 Å². The van der Waals surface area contributed by atoms with E-state index in [0.717, 1.165) is 0 Å². The van der Waals surface area contributed by atoms with Crippen molar-refractivity contribution in [2.75, 3.05) is 13.1 Å². The highest BCUT2D eigenvalue weighted by Gasteiger charge is 2.41. The number of nitrogens with one attached hydrogen (secondary N) is 1. The Morgan fingerprint density at radius 2 is 1.94 bits per heavy atom. The van der Waals surface area contributed by atoms with Crippen LogP contribution in [0.1, 0.15) is 26.2 Å². The van der Waals surface area contributed by atoms with E-state index in [0.29, 0.717) is 19.5 Å². The quantitative estimate of drug-likeness (QED) is 0.582. The predicted molar refractivity (Wildman–Crippen MR) is 56.3 cm³/mol. The van der Waals surface area contributed by atoms with Gasteiger partial charge in [-0.15, -0.1) is 0 Å². The highest BCUT2D eigenvalue weighted by molar-refractivity contribution is 5.82. The molecule has 0 bridgehead atoms. The van der Waals surface area contributed by atoms with Crippen LogP contribution in [0.5, 0.6) is 0 Å². The Hall–Kier alpha value is -0.780. The number of halogens is 3. The maximum absolute atomic E-state index is 12.4. The molecule has 16 heavy (non-hydrogen) atoms. The van der Waals surface area contributed by atoms with Crippen molar-refractivity contribution in [3.8, 4) is 0 Å². The molecule has 1 aliphatic heterocycles. The van der Waals surface area contributed by atoms with Crippen molar-refractivity contribution < 1.29 is 13.2 Å². The van der Waals surface area contributed by atoms with Crippen molar-refractivity contribution in [3.63, 3.8) is 0 Å². The van der Waals surface area contributed by atoms with Crippen LogP contribution in [0, 0.1) is 11.3 Å². The van der Waals surface area contributed by atoms with Crippen LogP contribution in [0.25, 0.3) is 0 Å². The highest BCUT2D eigenvalue weighted by Crippen LogP contribution is 2.34. The molecule has 1 heterocycles. The van der Waals surface area contributed by atoms with Gasteiger partial charge in [-0.05, 0) is 32.4 Å². The van der Waals surface area contributed by atoms with Gasteiger partial charge in [0.15, 0.2) is 0 Å². The third-order valence-corrected chi connectivity index (χ3v) is 3.18. The third kappa shape index (κ3) is 3.10. The van der Waals surface area contributed by atoms with Crippen molar-refractivity contribution in [1.82, 2.24) is 4.90 Å². The molecule has 0 aromatic carbocycles. The van der Waals surface area contributed by atoms with Gasteiger partial charge in [-0.2, -0.15) is 13.2 Å². The molecule has 0 aromatic heterocycles. The van der Waals surface area contributed by atoms with Gasteiger partial charge in [-0.3, -0.25) is 10.3 Å². The van der Waals surface area contributed by atoms with E-state index < -0.39 is 12.1 Å². The van der Waals surface area contributed by atoms with Crippen LogP contribution in [0.15, 0.2) is 0 Å². The van der Waals surface area contributed by atoms with Crippen LogP contribution in [-0.4, -0.2) is 36.0 Å². The molecular weight excluding hydrogens is 219 g/mol. The lowest BCUT2D eigenvalue weighted by molar-refractivity contribution is -0.185. The molecule has 1 saturated heterocycles. The van der Waals surface area contributed by atoms with Gasteiger partial charge in [0.1, 0.15) is 5.84 Å². The molecule has 0 radical (unpaired) electrons. The Morgan fingerprint density at radius 3 is 2.25 bits per heavy atom. The lowest BCUT2D eigenvalue weighted by Gasteiger charge is -2.37. The molecule has 3 nitrogen and oxygen atoms in total. The van der Waals surface area contributed by atoms with E-state index in [-0.39, 0.29) is 24.7 Å². The Morgan fingerprint density at radius 1 is 1.44 bits per heavy atom. The largest absolute Gasteiger partial charge is 0.391 e. The number of likely N-dealkylation sites (tertiary alicyclic amines) is 1. The predicted octanol–water partition coefficient (Wildman–Crippen LogP) is 1.98. The number of piperidine rings is 1. The van der Waals surface area contributed by atoms with E-state index in [4.69, 9.17) is 11.1 Å². The van der Waals surface area contributed by atoms with E-state index in [1.165, 1.54) is 0 Å². The molecule has 0 amide bonds. The van der Waals surface area contributed by atoms with E-state index in [9.17, 15) is 13.2 Å². The molecule has 1 fully saturated rings. The molecule has 94 valence electrons. The molecule has 6 heteroatoms. The lowest BCUT2D eigenvalue weighted by atomic mass is 9.94. The molecule has 1 atom stereocenters. The number of hydrogen-bond donors (Lipinski definition) is 2. The number of nitrogens with zero attached hydrogens (tertiary/aromatic N) is 1. The summed E-state index contributed by atoms with van der Waals surface area (Å²) in [5, 5.41) is 7.37. The summed E-state index contributed by atoms with van der Waals surface area (Å²) in [4.78, 5) is 1.88. The molecule has 0 spiro atoms. The summed E-state index contributed by atoms with van der Waals surface area (Å²) in [7, 11) is 0. The molecule has 0 saturated carbocycles. The number of nitrogens with two attached hydrogens (primary N) is 1. The summed E-state index contributed by atoms with van der Waals surface area (Å²) in [5.41, 5.74) is 5.42. The summed E-state index contributed by atoms with van der Waals surface area (Å²) in [6.45, 7) is 2.65. The Bertz CT molecular complexity index is 244. The fraction of sp³-hybridized carbons (Fsp3) is 0.900. The first-order valence-electron chi connectivity index (χ1n) is 5.51. The standard InChI is InChI=1S/C10H18F3N3/c1-2-8(9(14)15)16-5-3-7(4-6-16)10(11,12)13/h7-8H,2-6H2,1H3,(H3,14,15). The summed E-state index contributed by atoms with van der Waals surface area (Å²) < 4.78 is 37.3. The van der Waals surface area contributed by atoms with E-state index in [1.807, 2.05) is 11.8 Å². The first-order chi connectivity index (χ1) is 7.36. The molecule has 1 unspecified atom stereocenters. The number of rotatable bonds is 3. The van der Waals surface area contributed by atoms with Crippen molar-refractivity contribution in [2.45, 2.75) is 38.4 Å². The van der Waals surface area contributed by atoms with Gasteiger partial charge >= 0.3 is 6.18 Å². The highest BCUT2D eigenvalue weighted by atomic mass is 19.4. The fourth-order valence-corrected chi connectivity index (χ4v) is 2.21. The molecule has 0 aromatic rings. The second-order valence-electron chi connectivity index (χ2n) is 4.23. The first-order valence-corrected chi connectivity index (χ1v) is 5.51. The van der Waals surface area contributed by atoms with Crippen molar-refractivity contribution in [2.24, 2.45) is 11.7 Å². The minimum Gasteiger partial charge on any atom is -0.386 e. The fourth-order valence-electron chi connectivity index (χ4n) is 2.21. The molecule has 3 N–H and O–H groups in total. The van der Waals surface area contributed by atoms with Crippen LogP contribution >= 0.6 is 0 Å². The Labute approximate surface area is 93.3 Å². The normalized spacial score (nSPS) is 22.0. The average molecular weight is 237 g/mol. The zero-order valence-corrected chi connectivity index (χ0v) is 9.35.